The van der Waals surface area contributed by atoms with E-state index in [0.29, 0.717) is 18.5 Å². The van der Waals surface area contributed by atoms with Crippen LogP contribution in [0, 0.1) is 15.9 Å². The number of hydrogen-bond acceptors (Lipinski definition) is 3. The van der Waals surface area contributed by atoms with Crippen LogP contribution in [0.25, 0.3) is 5.57 Å². The molecule has 0 saturated heterocycles. The Morgan fingerprint density at radius 1 is 1.44 bits per heavy atom. The second-order valence-corrected chi connectivity index (χ2v) is 3.57. The van der Waals surface area contributed by atoms with Crippen molar-refractivity contribution in [2.45, 2.75) is 6.42 Å². The third-order valence-electron chi connectivity index (χ3n) is 2.57. The molecule has 1 aromatic carbocycles. The lowest BCUT2D eigenvalue weighted by atomic mass is 9.98. The van der Waals surface area contributed by atoms with E-state index in [0.717, 1.165) is 6.54 Å². The van der Waals surface area contributed by atoms with E-state index in [1.165, 1.54) is 18.2 Å². The fourth-order valence-corrected chi connectivity index (χ4v) is 1.83. The van der Waals surface area contributed by atoms with E-state index in [9.17, 15) is 14.5 Å². The molecule has 0 radical (unpaired) electrons. The summed E-state index contributed by atoms with van der Waals surface area (Å²) in [5.74, 6) is -0.526. The van der Waals surface area contributed by atoms with E-state index < -0.39 is 10.7 Å². The molecule has 1 N–H and O–H groups in total. The van der Waals surface area contributed by atoms with E-state index in [1.807, 2.05) is 0 Å². The van der Waals surface area contributed by atoms with Crippen molar-refractivity contribution < 1.29 is 9.31 Å². The van der Waals surface area contributed by atoms with E-state index in [4.69, 9.17) is 0 Å². The van der Waals surface area contributed by atoms with Gasteiger partial charge in [-0.05, 0) is 24.6 Å². The average Bonchev–Trinajstić information content (AvgIpc) is 2.29. The Bertz CT molecular complexity index is 457. The third-order valence-corrected chi connectivity index (χ3v) is 2.57. The first-order valence-corrected chi connectivity index (χ1v) is 5.03. The van der Waals surface area contributed by atoms with Crippen LogP contribution in [-0.2, 0) is 0 Å². The number of nitro groups is 1. The van der Waals surface area contributed by atoms with Crippen LogP contribution in [-0.4, -0.2) is 18.0 Å². The molecule has 0 aromatic heterocycles. The van der Waals surface area contributed by atoms with E-state index >= 15 is 0 Å². The molecule has 0 aliphatic carbocycles. The second-order valence-electron chi connectivity index (χ2n) is 3.57. The van der Waals surface area contributed by atoms with E-state index in [2.05, 4.69) is 5.32 Å². The predicted molar refractivity (Wildman–Crippen MR) is 58.5 cm³/mol. The SMILES string of the molecule is O=[N+]([O-])c1cccc(F)c1C1=CCNCC1. The van der Waals surface area contributed by atoms with Gasteiger partial charge in [0.25, 0.3) is 5.69 Å². The first-order valence-electron chi connectivity index (χ1n) is 5.03. The maximum atomic E-state index is 13.6. The summed E-state index contributed by atoms with van der Waals surface area (Å²) in [6, 6.07) is 3.95. The number of nitro benzene ring substituents is 1. The molecule has 0 bridgehead atoms. The molecule has 84 valence electrons. The molecule has 1 aliphatic heterocycles. The Morgan fingerprint density at radius 2 is 2.25 bits per heavy atom. The Labute approximate surface area is 91.9 Å². The van der Waals surface area contributed by atoms with Crippen LogP contribution < -0.4 is 5.32 Å². The van der Waals surface area contributed by atoms with Gasteiger partial charge in [-0.1, -0.05) is 12.1 Å². The summed E-state index contributed by atoms with van der Waals surface area (Å²) < 4.78 is 13.6. The molecule has 0 amide bonds. The van der Waals surface area contributed by atoms with Gasteiger partial charge >= 0.3 is 0 Å². The van der Waals surface area contributed by atoms with Crippen LogP contribution in [0.15, 0.2) is 24.3 Å². The number of rotatable bonds is 2. The lowest BCUT2D eigenvalue weighted by molar-refractivity contribution is -0.385. The molecule has 1 heterocycles. The number of nitrogens with one attached hydrogen (secondary N) is 1. The van der Waals surface area contributed by atoms with Gasteiger partial charge in [0.2, 0.25) is 0 Å². The topological polar surface area (TPSA) is 55.2 Å². The standard InChI is InChI=1S/C11H11FN2O2/c12-9-2-1-3-10(14(15)16)11(9)8-4-6-13-7-5-8/h1-4,13H,5-7H2. The summed E-state index contributed by atoms with van der Waals surface area (Å²) in [5.41, 5.74) is 0.686. The van der Waals surface area contributed by atoms with Gasteiger partial charge in [-0.25, -0.2) is 4.39 Å². The van der Waals surface area contributed by atoms with E-state index in [-0.39, 0.29) is 11.3 Å². The molecule has 4 nitrogen and oxygen atoms in total. The Hall–Kier alpha value is -1.75. The molecule has 0 saturated carbocycles. The molecular weight excluding hydrogens is 211 g/mol. The summed E-state index contributed by atoms with van der Waals surface area (Å²) in [7, 11) is 0. The minimum absolute atomic E-state index is 0.133. The van der Waals surface area contributed by atoms with Crippen LogP contribution in [0.3, 0.4) is 0 Å². The van der Waals surface area contributed by atoms with Crippen molar-refractivity contribution in [1.82, 2.24) is 5.32 Å². The molecule has 1 aliphatic rings. The van der Waals surface area contributed by atoms with Crippen molar-refractivity contribution in [3.05, 3.63) is 45.8 Å². The molecular formula is C11H11FN2O2. The minimum atomic E-state index is -0.540. The van der Waals surface area contributed by atoms with Gasteiger partial charge in [-0.3, -0.25) is 10.1 Å². The zero-order chi connectivity index (χ0) is 11.5. The van der Waals surface area contributed by atoms with Gasteiger partial charge in [0.15, 0.2) is 0 Å². The highest BCUT2D eigenvalue weighted by Gasteiger charge is 2.21. The molecule has 0 spiro atoms. The van der Waals surface area contributed by atoms with Gasteiger partial charge in [-0.2, -0.15) is 0 Å². The largest absolute Gasteiger partial charge is 0.313 e. The van der Waals surface area contributed by atoms with Crippen molar-refractivity contribution in [2.24, 2.45) is 0 Å². The highest BCUT2D eigenvalue weighted by molar-refractivity contribution is 5.74. The zero-order valence-corrected chi connectivity index (χ0v) is 8.57. The summed E-state index contributed by atoms with van der Waals surface area (Å²) >= 11 is 0. The van der Waals surface area contributed by atoms with Crippen LogP contribution in [0.1, 0.15) is 12.0 Å². The van der Waals surface area contributed by atoms with Crippen LogP contribution in [0.5, 0.6) is 0 Å². The van der Waals surface area contributed by atoms with Gasteiger partial charge in [0, 0.05) is 12.6 Å². The summed E-state index contributed by atoms with van der Waals surface area (Å²) in [6.07, 6.45) is 2.41. The van der Waals surface area contributed by atoms with Crippen LogP contribution in [0.2, 0.25) is 0 Å². The fraction of sp³-hybridized carbons (Fsp3) is 0.273. The Kier molecular flexibility index (Phi) is 2.96. The summed E-state index contributed by atoms with van der Waals surface area (Å²) in [5, 5.41) is 13.9. The predicted octanol–water partition coefficient (Wildman–Crippen LogP) is 2.11. The lowest BCUT2D eigenvalue weighted by Gasteiger charge is -2.14. The lowest BCUT2D eigenvalue weighted by Crippen LogP contribution is -2.20. The van der Waals surface area contributed by atoms with Crippen molar-refractivity contribution in [2.75, 3.05) is 13.1 Å². The van der Waals surface area contributed by atoms with Crippen LogP contribution >= 0.6 is 0 Å². The number of halogens is 1. The number of nitrogens with zero attached hydrogens (tertiary/aromatic N) is 1. The van der Waals surface area contributed by atoms with Crippen molar-refractivity contribution in [1.29, 1.82) is 0 Å². The Balaban J connectivity index is 2.53. The van der Waals surface area contributed by atoms with Crippen molar-refractivity contribution >= 4 is 11.3 Å². The highest BCUT2D eigenvalue weighted by Crippen LogP contribution is 2.30. The monoisotopic (exact) mass is 222 g/mol. The number of benzene rings is 1. The van der Waals surface area contributed by atoms with E-state index in [1.54, 1.807) is 6.08 Å². The normalized spacial score (nSPS) is 15.7. The van der Waals surface area contributed by atoms with Gasteiger partial charge < -0.3 is 5.32 Å². The smallest absolute Gasteiger partial charge is 0.279 e. The number of hydrogen-bond donors (Lipinski definition) is 1. The van der Waals surface area contributed by atoms with Gasteiger partial charge in [0.05, 0.1) is 10.5 Å². The van der Waals surface area contributed by atoms with Crippen LogP contribution in [0.4, 0.5) is 10.1 Å². The highest BCUT2D eigenvalue weighted by atomic mass is 19.1. The molecule has 1 aromatic rings. The van der Waals surface area contributed by atoms with Crippen molar-refractivity contribution in [3.8, 4) is 0 Å². The first-order chi connectivity index (χ1) is 7.70. The van der Waals surface area contributed by atoms with Gasteiger partial charge in [-0.15, -0.1) is 0 Å². The second kappa shape index (κ2) is 4.40. The van der Waals surface area contributed by atoms with Crippen molar-refractivity contribution in [3.63, 3.8) is 0 Å². The molecule has 5 heteroatoms. The molecule has 0 fully saturated rings. The first kappa shape index (κ1) is 10.8. The molecule has 0 atom stereocenters. The molecule has 0 unspecified atom stereocenters. The molecule has 16 heavy (non-hydrogen) atoms. The Morgan fingerprint density at radius 3 is 2.88 bits per heavy atom. The molecule has 2 rings (SSSR count). The maximum absolute atomic E-state index is 13.6. The zero-order valence-electron chi connectivity index (χ0n) is 8.57. The average molecular weight is 222 g/mol. The summed E-state index contributed by atoms with van der Waals surface area (Å²) in [6.45, 7) is 1.35. The fourth-order valence-electron chi connectivity index (χ4n) is 1.83. The maximum Gasteiger partial charge on any atom is 0.279 e. The quantitative estimate of drug-likeness (QED) is 0.616. The third kappa shape index (κ3) is 1.94. The van der Waals surface area contributed by atoms with Gasteiger partial charge in [0.1, 0.15) is 5.82 Å². The minimum Gasteiger partial charge on any atom is -0.313 e. The summed E-state index contributed by atoms with van der Waals surface area (Å²) in [4.78, 5) is 10.3.